The summed E-state index contributed by atoms with van der Waals surface area (Å²) in [4.78, 5) is 0. The standard InChI is InChI=1S/C6H9FO2S/c1-2-3-4-5-6-10(7,8)9/h2-5H,6H2,1H3/b3-2+,5-4+. The van der Waals surface area contributed by atoms with E-state index >= 15 is 0 Å². The fourth-order valence-corrected chi connectivity index (χ4v) is 0.701. The summed E-state index contributed by atoms with van der Waals surface area (Å²) in [7, 11) is -4.33. The van der Waals surface area contributed by atoms with Crippen molar-refractivity contribution in [3.8, 4) is 0 Å². The van der Waals surface area contributed by atoms with Gasteiger partial charge in [0.05, 0.1) is 5.75 Å². The van der Waals surface area contributed by atoms with Crippen LogP contribution in [0.4, 0.5) is 3.89 Å². The lowest BCUT2D eigenvalue weighted by molar-refractivity contribution is 0.555. The van der Waals surface area contributed by atoms with Crippen molar-refractivity contribution >= 4 is 10.2 Å². The predicted molar refractivity (Wildman–Crippen MR) is 38.8 cm³/mol. The largest absolute Gasteiger partial charge is 0.305 e. The summed E-state index contributed by atoms with van der Waals surface area (Å²) in [6.45, 7) is 1.79. The Morgan fingerprint density at radius 2 is 2.00 bits per heavy atom. The van der Waals surface area contributed by atoms with E-state index in [0.717, 1.165) is 0 Å². The van der Waals surface area contributed by atoms with Gasteiger partial charge in [-0.2, -0.15) is 8.42 Å². The molecule has 0 aromatic rings. The van der Waals surface area contributed by atoms with Crippen molar-refractivity contribution in [1.82, 2.24) is 0 Å². The van der Waals surface area contributed by atoms with Crippen molar-refractivity contribution < 1.29 is 12.3 Å². The third-order valence-electron chi connectivity index (χ3n) is 0.735. The number of hydrogen-bond donors (Lipinski definition) is 0. The monoisotopic (exact) mass is 164 g/mol. The number of rotatable bonds is 3. The number of halogens is 1. The van der Waals surface area contributed by atoms with Gasteiger partial charge in [0.25, 0.3) is 0 Å². The molecule has 0 atom stereocenters. The van der Waals surface area contributed by atoms with Crippen molar-refractivity contribution in [2.45, 2.75) is 6.92 Å². The summed E-state index contributed by atoms with van der Waals surface area (Å²) in [6, 6.07) is 0. The molecule has 0 saturated heterocycles. The zero-order chi connectivity index (χ0) is 8.04. The lowest BCUT2D eigenvalue weighted by Gasteiger charge is -1.81. The van der Waals surface area contributed by atoms with Gasteiger partial charge in [-0.15, -0.1) is 3.89 Å². The average molecular weight is 164 g/mol. The SMILES string of the molecule is C/C=C/C=C/CS(=O)(=O)F. The second-order valence-electron chi connectivity index (χ2n) is 1.66. The minimum absolute atomic E-state index is 0.544. The Hall–Kier alpha value is -0.640. The lowest BCUT2D eigenvalue weighted by atomic mass is 10.5. The van der Waals surface area contributed by atoms with Crippen LogP contribution in [-0.2, 0) is 10.2 Å². The first-order chi connectivity index (χ1) is 4.56. The maximum atomic E-state index is 11.7. The second-order valence-corrected chi connectivity index (χ2v) is 3.07. The van der Waals surface area contributed by atoms with E-state index in [1.807, 2.05) is 0 Å². The summed E-state index contributed by atoms with van der Waals surface area (Å²) in [5.41, 5.74) is 0. The fraction of sp³-hybridized carbons (Fsp3) is 0.333. The molecule has 0 radical (unpaired) electrons. The molecule has 0 rings (SSSR count). The van der Waals surface area contributed by atoms with Gasteiger partial charge >= 0.3 is 10.2 Å². The smallest absolute Gasteiger partial charge is 0.195 e. The first-order valence-electron chi connectivity index (χ1n) is 2.76. The first kappa shape index (κ1) is 9.36. The molecule has 58 valence electrons. The van der Waals surface area contributed by atoms with Crippen LogP contribution < -0.4 is 0 Å². The molecule has 2 nitrogen and oxygen atoms in total. The molecule has 0 saturated carbocycles. The van der Waals surface area contributed by atoms with Gasteiger partial charge in [-0.05, 0) is 6.92 Å². The third kappa shape index (κ3) is 7.36. The molecule has 4 heteroatoms. The minimum Gasteiger partial charge on any atom is -0.195 e. The van der Waals surface area contributed by atoms with E-state index in [1.54, 1.807) is 19.1 Å². The molecule has 10 heavy (non-hydrogen) atoms. The highest BCUT2D eigenvalue weighted by atomic mass is 32.3. The van der Waals surface area contributed by atoms with E-state index in [4.69, 9.17) is 0 Å². The van der Waals surface area contributed by atoms with Crippen LogP contribution in [0.3, 0.4) is 0 Å². The molecule has 0 aliphatic heterocycles. The van der Waals surface area contributed by atoms with Gasteiger partial charge in [0, 0.05) is 0 Å². The average Bonchev–Trinajstić information content (AvgIpc) is 1.78. The Labute approximate surface area is 60.3 Å². The van der Waals surface area contributed by atoms with Gasteiger partial charge in [0.2, 0.25) is 0 Å². The summed E-state index contributed by atoms with van der Waals surface area (Å²) >= 11 is 0. The summed E-state index contributed by atoms with van der Waals surface area (Å²) in [6.07, 6.45) is 6.08. The van der Waals surface area contributed by atoms with E-state index in [2.05, 4.69) is 0 Å². The van der Waals surface area contributed by atoms with Crippen LogP contribution in [0.25, 0.3) is 0 Å². The molecule has 0 aliphatic rings. The lowest BCUT2D eigenvalue weighted by Crippen LogP contribution is -1.92. The van der Waals surface area contributed by atoms with E-state index < -0.39 is 16.0 Å². The molecule has 0 spiro atoms. The first-order valence-corrected chi connectivity index (χ1v) is 4.31. The zero-order valence-electron chi connectivity index (χ0n) is 5.62. The van der Waals surface area contributed by atoms with Crippen molar-refractivity contribution in [3.05, 3.63) is 24.3 Å². The van der Waals surface area contributed by atoms with Crippen LogP contribution in [0.5, 0.6) is 0 Å². The van der Waals surface area contributed by atoms with Gasteiger partial charge in [0.15, 0.2) is 0 Å². The van der Waals surface area contributed by atoms with Crippen molar-refractivity contribution in [2.75, 3.05) is 5.75 Å². The number of hydrogen-bond acceptors (Lipinski definition) is 2. The molecule has 0 unspecified atom stereocenters. The highest BCUT2D eigenvalue weighted by molar-refractivity contribution is 7.86. The maximum Gasteiger partial charge on any atom is 0.305 e. The molecule has 0 aliphatic carbocycles. The van der Waals surface area contributed by atoms with E-state index in [9.17, 15) is 12.3 Å². The second kappa shape index (κ2) is 4.22. The number of allylic oxidation sites excluding steroid dienone is 3. The Bertz CT molecular complexity index is 226. The molecule has 0 aromatic heterocycles. The van der Waals surface area contributed by atoms with Crippen LogP contribution in [0.2, 0.25) is 0 Å². The Balaban J connectivity index is 3.76. The topological polar surface area (TPSA) is 34.1 Å². The molecular formula is C6H9FO2S. The third-order valence-corrected chi connectivity index (χ3v) is 1.33. The molecule has 0 amide bonds. The highest BCUT2D eigenvalue weighted by Gasteiger charge is 2.00. The van der Waals surface area contributed by atoms with Gasteiger partial charge < -0.3 is 0 Å². The minimum atomic E-state index is -4.33. The maximum absolute atomic E-state index is 11.7. The zero-order valence-corrected chi connectivity index (χ0v) is 6.44. The van der Waals surface area contributed by atoms with E-state index in [0.29, 0.717) is 0 Å². The molecule has 0 fully saturated rings. The van der Waals surface area contributed by atoms with Crippen molar-refractivity contribution in [3.63, 3.8) is 0 Å². The normalized spacial score (nSPS) is 13.4. The van der Waals surface area contributed by atoms with Gasteiger partial charge in [-0.3, -0.25) is 0 Å². The highest BCUT2D eigenvalue weighted by Crippen LogP contribution is 1.90. The Kier molecular flexibility index (Phi) is 3.95. The molecule has 0 N–H and O–H groups in total. The van der Waals surface area contributed by atoms with Gasteiger partial charge in [-0.1, -0.05) is 24.3 Å². The summed E-state index contributed by atoms with van der Waals surface area (Å²) < 4.78 is 31.4. The van der Waals surface area contributed by atoms with Crippen LogP contribution in [0.1, 0.15) is 6.92 Å². The van der Waals surface area contributed by atoms with Gasteiger partial charge in [0.1, 0.15) is 0 Å². The van der Waals surface area contributed by atoms with E-state index in [-0.39, 0.29) is 0 Å². The van der Waals surface area contributed by atoms with Gasteiger partial charge in [-0.25, -0.2) is 0 Å². The van der Waals surface area contributed by atoms with E-state index in [1.165, 1.54) is 12.2 Å². The Morgan fingerprint density at radius 3 is 2.40 bits per heavy atom. The molecule has 0 bridgehead atoms. The predicted octanol–water partition coefficient (Wildman–Crippen LogP) is 1.42. The van der Waals surface area contributed by atoms with Crippen molar-refractivity contribution in [2.24, 2.45) is 0 Å². The van der Waals surface area contributed by atoms with Crippen LogP contribution in [0.15, 0.2) is 24.3 Å². The van der Waals surface area contributed by atoms with Crippen molar-refractivity contribution in [1.29, 1.82) is 0 Å². The fourth-order valence-electron chi connectivity index (χ4n) is 0.360. The van der Waals surface area contributed by atoms with Crippen LogP contribution in [-0.4, -0.2) is 14.2 Å². The Morgan fingerprint density at radius 1 is 1.40 bits per heavy atom. The summed E-state index contributed by atoms with van der Waals surface area (Å²) in [5, 5.41) is 0. The summed E-state index contributed by atoms with van der Waals surface area (Å²) in [5.74, 6) is -0.544. The quantitative estimate of drug-likeness (QED) is 0.467. The molecule has 0 heterocycles. The molecular weight excluding hydrogens is 155 g/mol. The molecule has 0 aromatic carbocycles. The van der Waals surface area contributed by atoms with Crippen LogP contribution in [0, 0.1) is 0 Å². The van der Waals surface area contributed by atoms with Crippen LogP contribution >= 0.6 is 0 Å².